The van der Waals surface area contributed by atoms with Gasteiger partial charge >= 0.3 is 17.9 Å². The number of hydrogen-bond donors (Lipinski definition) is 0. The number of hydrogen-bond acceptors (Lipinski definition) is 6. The molecule has 0 radical (unpaired) electrons. The smallest absolute Gasteiger partial charge is 0.306 e. The third-order valence-corrected chi connectivity index (χ3v) is 8.63. The monoisotopic (exact) mass is 751 g/mol. The van der Waals surface area contributed by atoms with Gasteiger partial charge in [-0.25, -0.2) is 0 Å². The molecule has 0 amide bonds. The SMILES string of the molecule is CC/C=C\C/C=C\C/C=C\C/C=C\C/C=C\CCCC(=O)OCC(COC(=O)CCCCCCC)OC(=O)CCCCCCC/C=C\C/C=C\CCCC. The molecule has 0 saturated heterocycles. The van der Waals surface area contributed by atoms with Crippen LogP contribution in [0, 0.1) is 0 Å². The van der Waals surface area contributed by atoms with Gasteiger partial charge in [-0.3, -0.25) is 14.4 Å². The first-order valence-electron chi connectivity index (χ1n) is 21.6. The van der Waals surface area contributed by atoms with Crippen LogP contribution in [-0.4, -0.2) is 37.2 Å². The van der Waals surface area contributed by atoms with Gasteiger partial charge in [0.25, 0.3) is 0 Å². The molecule has 0 aromatic carbocycles. The van der Waals surface area contributed by atoms with E-state index < -0.39 is 6.10 Å². The van der Waals surface area contributed by atoms with Crippen molar-refractivity contribution in [2.45, 2.75) is 187 Å². The zero-order chi connectivity index (χ0) is 39.4. The lowest BCUT2D eigenvalue weighted by atomic mass is 10.1. The van der Waals surface area contributed by atoms with Gasteiger partial charge in [0.15, 0.2) is 6.10 Å². The van der Waals surface area contributed by atoms with Crippen LogP contribution in [0.15, 0.2) is 85.1 Å². The zero-order valence-corrected chi connectivity index (χ0v) is 34.7. The molecule has 0 aliphatic heterocycles. The van der Waals surface area contributed by atoms with Crippen LogP contribution < -0.4 is 0 Å². The van der Waals surface area contributed by atoms with E-state index in [0.29, 0.717) is 19.3 Å². The second-order valence-corrected chi connectivity index (χ2v) is 13.9. The van der Waals surface area contributed by atoms with Gasteiger partial charge in [-0.1, -0.05) is 164 Å². The van der Waals surface area contributed by atoms with Crippen molar-refractivity contribution < 1.29 is 28.6 Å². The van der Waals surface area contributed by atoms with E-state index in [9.17, 15) is 14.4 Å². The molecule has 0 aliphatic rings. The van der Waals surface area contributed by atoms with E-state index in [1.807, 2.05) is 0 Å². The Kier molecular flexibility index (Phi) is 39.7. The molecule has 306 valence electrons. The van der Waals surface area contributed by atoms with Gasteiger partial charge in [0, 0.05) is 19.3 Å². The Bertz CT molecular complexity index is 1090. The van der Waals surface area contributed by atoms with Crippen molar-refractivity contribution in [3.63, 3.8) is 0 Å². The zero-order valence-electron chi connectivity index (χ0n) is 34.7. The van der Waals surface area contributed by atoms with Crippen molar-refractivity contribution in [3.8, 4) is 0 Å². The van der Waals surface area contributed by atoms with Gasteiger partial charge in [0.05, 0.1) is 0 Å². The van der Waals surface area contributed by atoms with Crippen molar-refractivity contribution in [2.24, 2.45) is 0 Å². The van der Waals surface area contributed by atoms with Gasteiger partial charge in [0.1, 0.15) is 13.2 Å². The van der Waals surface area contributed by atoms with E-state index in [2.05, 4.69) is 106 Å². The fourth-order valence-corrected chi connectivity index (χ4v) is 5.37. The van der Waals surface area contributed by atoms with E-state index >= 15 is 0 Å². The second-order valence-electron chi connectivity index (χ2n) is 13.9. The molecule has 0 heterocycles. The summed E-state index contributed by atoms with van der Waals surface area (Å²) in [5.41, 5.74) is 0. The molecule has 54 heavy (non-hydrogen) atoms. The Morgan fingerprint density at radius 2 is 0.759 bits per heavy atom. The molecule has 1 unspecified atom stereocenters. The van der Waals surface area contributed by atoms with Gasteiger partial charge in [-0.05, 0) is 83.5 Å². The minimum Gasteiger partial charge on any atom is -0.462 e. The van der Waals surface area contributed by atoms with Gasteiger partial charge in [-0.15, -0.1) is 0 Å². The topological polar surface area (TPSA) is 78.9 Å². The van der Waals surface area contributed by atoms with E-state index in [1.165, 1.54) is 19.3 Å². The molecule has 0 aromatic heterocycles. The molecule has 0 aliphatic carbocycles. The summed E-state index contributed by atoms with van der Waals surface area (Å²) in [4.78, 5) is 37.4. The van der Waals surface area contributed by atoms with Crippen molar-refractivity contribution in [3.05, 3.63) is 85.1 Å². The first-order chi connectivity index (χ1) is 26.5. The van der Waals surface area contributed by atoms with E-state index in [1.54, 1.807) is 0 Å². The van der Waals surface area contributed by atoms with Crippen molar-refractivity contribution >= 4 is 17.9 Å². The summed E-state index contributed by atoms with van der Waals surface area (Å²) in [7, 11) is 0. The average molecular weight is 751 g/mol. The maximum absolute atomic E-state index is 12.6. The molecule has 0 saturated carbocycles. The molecule has 0 fully saturated rings. The van der Waals surface area contributed by atoms with Crippen LogP contribution in [0.3, 0.4) is 0 Å². The number of ether oxygens (including phenoxy) is 3. The molecular weight excluding hydrogens is 673 g/mol. The van der Waals surface area contributed by atoms with Crippen LogP contribution in [0.25, 0.3) is 0 Å². The molecule has 0 aromatic rings. The Labute approximate surface area is 331 Å². The van der Waals surface area contributed by atoms with Gasteiger partial charge in [-0.2, -0.15) is 0 Å². The van der Waals surface area contributed by atoms with E-state index in [-0.39, 0.29) is 37.5 Å². The third-order valence-electron chi connectivity index (χ3n) is 8.63. The standard InChI is InChI=1S/C48H78O6/c1-4-7-10-13-15-17-19-21-23-24-25-27-28-30-32-35-38-41-47(50)53-44-45(43-52-46(49)40-37-34-12-9-6-3)54-48(51)42-39-36-33-31-29-26-22-20-18-16-14-11-8-5-2/h7,10,14-17,20-23,25,27,30,32,45H,4-6,8-9,11-13,18-19,24,26,28-29,31,33-44H2,1-3H3/b10-7-,16-14-,17-15-,22-20-,23-21-,27-25-,32-30-. The van der Waals surface area contributed by atoms with Crippen LogP contribution in [0.2, 0.25) is 0 Å². The Morgan fingerprint density at radius 3 is 1.26 bits per heavy atom. The van der Waals surface area contributed by atoms with Crippen LogP contribution in [-0.2, 0) is 28.6 Å². The molecule has 0 bridgehead atoms. The molecule has 0 rings (SSSR count). The van der Waals surface area contributed by atoms with E-state index in [0.717, 1.165) is 116 Å². The highest BCUT2D eigenvalue weighted by molar-refractivity contribution is 5.71. The van der Waals surface area contributed by atoms with Crippen molar-refractivity contribution in [1.82, 2.24) is 0 Å². The molecular formula is C48H78O6. The lowest BCUT2D eigenvalue weighted by molar-refractivity contribution is -0.167. The summed E-state index contributed by atoms with van der Waals surface area (Å²) in [6.45, 7) is 6.30. The first-order valence-corrected chi connectivity index (χ1v) is 21.6. The highest BCUT2D eigenvalue weighted by Crippen LogP contribution is 2.11. The lowest BCUT2D eigenvalue weighted by Crippen LogP contribution is -2.30. The Morgan fingerprint density at radius 1 is 0.389 bits per heavy atom. The number of rotatable bonds is 37. The van der Waals surface area contributed by atoms with Crippen molar-refractivity contribution in [2.75, 3.05) is 13.2 Å². The third kappa shape index (κ3) is 39.8. The highest BCUT2D eigenvalue weighted by Gasteiger charge is 2.19. The predicted molar refractivity (Wildman–Crippen MR) is 228 cm³/mol. The molecule has 1 atom stereocenters. The van der Waals surface area contributed by atoms with Gasteiger partial charge in [0.2, 0.25) is 0 Å². The summed E-state index contributed by atoms with van der Waals surface area (Å²) < 4.78 is 16.5. The molecule has 6 heteroatoms. The fraction of sp³-hybridized carbons (Fsp3) is 0.646. The number of unbranched alkanes of at least 4 members (excludes halogenated alkanes) is 12. The predicted octanol–water partition coefficient (Wildman–Crippen LogP) is 13.7. The fourth-order valence-electron chi connectivity index (χ4n) is 5.37. The van der Waals surface area contributed by atoms with Crippen molar-refractivity contribution in [1.29, 1.82) is 0 Å². The second kappa shape index (κ2) is 42.3. The van der Waals surface area contributed by atoms with Crippen LogP contribution in [0.1, 0.15) is 181 Å². The summed E-state index contributed by atoms with van der Waals surface area (Å²) in [5.74, 6) is -1.00. The Hall–Kier alpha value is -3.41. The van der Waals surface area contributed by atoms with Crippen LogP contribution in [0.5, 0.6) is 0 Å². The normalized spacial score (nSPS) is 12.9. The lowest BCUT2D eigenvalue weighted by Gasteiger charge is -2.18. The average Bonchev–Trinajstić information content (AvgIpc) is 3.17. The van der Waals surface area contributed by atoms with Crippen LogP contribution >= 0.6 is 0 Å². The quantitative estimate of drug-likeness (QED) is 0.0272. The minimum atomic E-state index is -0.801. The number of carbonyl (C=O) groups excluding carboxylic acids is 3. The molecule has 0 N–H and O–H groups in total. The minimum absolute atomic E-state index is 0.102. The summed E-state index contributed by atoms with van der Waals surface area (Å²) in [6.07, 6.45) is 53.1. The number of carbonyl (C=O) groups is 3. The number of allylic oxidation sites excluding steroid dienone is 14. The van der Waals surface area contributed by atoms with Gasteiger partial charge < -0.3 is 14.2 Å². The maximum atomic E-state index is 12.6. The van der Waals surface area contributed by atoms with E-state index in [4.69, 9.17) is 14.2 Å². The number of esters is 3. The highest BCUT2D eigenvalue weighted by atomic mass is 16.6. The summed E-state index contributed by atoms with van der Waals surface area (Å²) in [6, 6.07) is 0. The molecule has 6 nitrogen and oxygen atoms in total. The Balaban J connectivity index is 4.39. The first kappa shape index (κ1) is 50.6. The maximum Gasteiger partial charge on any atom is 0.306 e. The summed E-state index contributed by atoms with van der Waals surface area (Å²) in [5, 5.41) is 0. The summed E-state index contributed by atoms with van der Waals surface area (Å²) >= 11 is 0. The largest absolute Gasteiger partial charge is 0.462 e. The molecule has 0 spiro atoms. The van der Waals surface area contributed by atoms with Crippen LogP contribution in [0.4, 0.5) is 0 Å².